The van der Waals surface area contributed by atoms with E-state index in [0.717, 1.165) is 42.4 Å². The first kappa shape index (κ1) is 17.8. The molecule has 1 aliphatic rings. The minimum atomic E-state index is 0.199. The van der Waals surface area contributed by atoms with Crippen LogP contribution in [0.3, 0.4) is 0 Å². The molecule has 24 heavy (non-hydrogen) atoms. The maximum absolute atomic E-state index is 6.30. The van der Waals surface area contributed by atoms with Gasteiger partial charge in [0.05, 0.1) is 0 Å². The molecule has 132 valence electrons. The van der Waals surface area contributed by atoms with Crippen molar-refractivity contribution >= 4 is 35.1 Å². The lowest BCUT2D eigenvalue weighted by Gasteiger charge is -2.49. The molecule has 2 aromatic rings. The van der Waals surface area contributed by atoms with E-state index in [1.54, 1.807) is 4.52 Å². The van der Waals surface area contributed by atoms with Crippen LogP contribution >= 0.6 is 23.7 Å². The average Bonchev–Trinajstić information content (AvgIpc) is 2.71. The SMILES string of the molecule is Cc1nc(N2CC(C(C)(C)CN(C)SN)C2)c2c(C)cc(Cl)n2n1. The van der Waals surface area contributed by atoms with E-state index in [0.29, 0.717) is 11.1 Å². The molecule has 0 bridgehead atoms. The lowest BCUT2D eigenvalue weighted by Crippen LogP contribution is -2.55. The second-order valence-electron chi connectivity index (χ2n) is 7.38. The number of hydrogen-bond donors (Lipinski definition) is 1. The lowest BCUT2D eigenvalue weighted by atomic mass is 9.74. The number of hydrogen-bond acceptors (Lipinski definition) is 6. The Morgan fingerprint density at radius 2 is 2.08 bits per heavy atom. The van der Waals surface area contributed by atoms with Crippen LogP contribution in [0.15, 0.2) is 6.07 Å². The highest BCUT2D eigenvalue weighted by atomic mass is 35.5. The minimum absolute atomic E-state index is 0.199. The van der Waals surface area contributed by atoms with Crippen LogP contribution in [0, 0.1) is 25.2 Å². The normalized spacial score (nSPS) is 16.2. The van der Waals surface area contributed by atoms with Crippen LogP contribution in [0.25, 0.3) is 5.52 Å². The van der Waals surface area contributed by atoms with Crippen molar-refractivity contribution in [3.8, 4) is 0 Å². The standard InChI is InChI=1S/C16H25ClN6S/c1-10-6-13(17)23-14(10)15(19-11(2)20-23)22-7-12(8-22)16(3,4)9-21(5)24-18/h6,12H,7-9,18H2,1-5H3. The molecular weight excluding hydrogens is 344 g/mol. The van der Waals surface area contributed by atoms with Gasteiger partial charge in [0, 0.05) is 37.7 Å². The predicted octanol–water partition coefficient (Wildman–Crippen LogP) is 2.92. The molecule has 0 saturated carbocycles. The number of aryl methyl sites for hydroxylation is 2. The minimum Gasteiger partial charge on any atom is -0.354 e. The van der Waals surface area contributed by atoms with Crippen molar-refractivity contribution in [1.29, 1.82) is 0 Å². The Bertz CT molecular complexity index is 753. The second kappa shape index (κ2) is 6.37. The molecule has 0 unspecified atom stereocenters. The van der Waals surface area contributed by atoms with Crippen molar-refractivity contribution < 1.29 is 0 Å². The van der Waals surface area contributed by atoms with E-state index in [1.165, 1.54) is 12.1 Å². The van der Waals surface area contributed by atoms with Gasteiger partial charge in [-0.25, -0.2) is 13.8 Å². The number of rotatable bonds is 5. The Morgan fingerprint density at radius 1 is 1.42 bits per heavy atom. The summed E-state index contributed by atoms with van der Waals surface area (Å²) < 4.78 is 3.89. The van der Waals surface area contributed by atoms with Gasteiger partial charge in [0.25, 0.3) is 0 Å². The smallest absolute Gasteiger partial charge is 0.157 e. The number of aromatic nitrogens is 3. The molecule has 2 aromatic heterocycles. The van der Waals surface area contributed by atoms with E-state index >= 15 is 0 Å². The molecule has 8 heteroatoms. The molecule has 3 rings (SSSR count). The zero-order chi connectivity index (χ0) is 17.6. The molecule has 0 atom stereocenters. The summed E-state index contributed by atoms with van der Waals surface area (Å²) in [5, 5.41) is 10.7. The van der Waals surface area contributed by atoms with Gasteiger partial charge >= 0.3 is 0 Å². The molecule has 1 saturated heterocycles. The number of halogens is 1. The maximum Gasteiger partial charge on any atom is 0.157 e. The van der Waals surface area contributed by atoms with Gasteiger partial charge in [-0.1, -0.05) is 25.4 Å². The van der Waals surface area contributed by atoms with Crippen molar-refractivity contribution in [2.24, 2.45) is 16.5 Å². The summed E-state index contributed by atoms with van der Waals surface area (Å²) in [5.41, 5.74) is 2.32. The second-order valence-corrected chi connectivity index (χ2v) is 8.60. The maximum atomic E-state index is 6.30. The molecule has 0 radical (unpaired) electrons. The molecule has 2 N–H and O–H groups in total. The van der Waals surface area contributed by atoms with Crippen LogP contribution in [0.4, 0.5) is 5.82 Å². The van der Waals surface area contributed by atoms with Gasteiger partial charge in [-0.2, -0.15) is 5.10 Å². The molecule has 1 aliphatic heterocycles. The number of nitrogens with zero attached hydrogens (tertiary/aromatic N) is 5. The van der Waals surface area contributed by atoms with Gasteiger partial charge in [-0.05, 0) is 37.9 Å². The van der Waals surface area contributed by atoms with E-state index in [-0.39, 0.29) is 5.41 Å². The van der Waals surface area contributed by atoms with Gasteiger partial charge in [0.1, 0.15) is 16.5 Å². The van der Waals surface area contributed by atoms with Crippen molar-refractivity contribution in [2.45, 2.75) is 27.7 Å². The fourth-order valence-corrected chi connectivity index (χ4v) is 4.12. The van der Waals surface area contributed by atoms with Crippen LogP contribution in [0.1, 0.15) is 25.2 Å². The van der Waals surface area contributed by atoms with Crippen molar-refractivity contribution in [2.75, 3.05) is 31.6 Å². The van der Waals surface area contributed by atoms with Gasteiger partial charge in [-0.15, -0.1) is 0 Å². The highest BCUT2D eigenvalue weighted by molar-refractivity contribution is 7.94. The summed E-state index contributed by atoms with van der Waals surface area (Å²) in [6.45, 7) is 11.5. The van der Waals surface area contributed by atoms with Gasteiger partial charge in [0.15, 0.2) is 5.82 Å². The van der Waals surface area contributed by atoms with E-state index in [4.69, 9.17) is 21.7 Å². The highest BCUT2D eigenvalue weighted by Gasteiger charge is 2.40. The van der Waals surface area contributed by atoms with E-state index in [2.05, 4.69) is 35.1 Å². The lowest BCUT2D eigenvalue weighted by molar-refractivity contribution is 0.147. The first-order chi connectivity index (χ1) is 11.2. The molecular formula is C16H25ClN6S. The Labute approximate surface area is 152 Å². The quantitative estimate of drug-likeness (QED) is 0.819. The predicted molar refractivity (Wildman–Crippen MR) is 101 cm³/mol. The Kier molecular flexibility index (Phi) is 4.72. The van der Waals surface area contributed by atoms with Gasteiger partial charge < -0.3 is 4.90 Å². The Hall–Kier alpha value is -1.02. The number of anilines is 1. The molecule has 1 fully saturated rings. The number of nitrogens with two attached hydrogens (primary N) is 1. The third-order valence-corrected chi connectivity index (χ3v) is 5.70. The first-order valence-electron chi connectivity index (χ1n) is 8.08. The zero-order valence-electron chi connectivity index (χ0n) is 14.9. The molecule has 0 spiro atoms. The molecule has 0 amide bonds. The Balaban J connectivity index is 1.82. The van der Waals surface area contributed by atoms with Crippen LogP contribution in [-0.4, -0.2) is 45.6 Å². The highest BCUT2D eigenvalue weighted by Crippen LogP contribution is 2.39. The van der Waals surface area contributed by atoms with Crippen molar-refractivity contribution in [1.82, 2.24) is 18.9 Å². The monoisotopic (exact) mass is 368 g/mol. The summed E-state index contributed by atoms with van der Waals surface area (Å²) in [6.07, 6.45) is 0. The number of fused-ring (bicyclic) bond motifs is 1. The summed E-state index contributed by atoms with van der Waals surface area (Å²) in [5.74, 6) is 2.32. The largest absolute Gasteiger partial charge is 0.354 e. The van der Waals surface area contributed by atoms with Gasteiger partial charge in [0.2, 0.25) is 0 Å². The summed E-state index contributed by atoms with van der Waals surface area (Å²) in [6, 6.07) is 1.95. The molecule has 0 aliphatic carbocycles. The zero-order valence-corrected chi connectivity index (χ0v) is 16.4. The molecule has 0 aromatic carbocycles. The fraction of sp³-hybridized carbons (Fsp3) is 0.625. The van der Waals surface area contributed by atoms with Crippen molar-refractivity contribution in [3.63, 3.8) is 0 Å². The van der Waals surface area contributed by atoms with Crippen LogP contribution in [0.2, 0.25) is 5.15 Å². The first-order valence-corrected chi connectivity index (χ1v) is 9.30. The van der Waals surface area contributed by atoms with Crippen molar-refractivity contribution in [3.05, 3.63) is 22.6 Å². The summed E-state index contributed by atoms with van der Waals surface area (Å²) in [7, 11) is 2.03. The summed E-state index contributed by atoms with van der Waals surface area (Å²) >= 11 is 7.59. The summed E-state index contributed by atoms with van der Waals surface area (Å²) in [4.78, 5) is 7.02. The van der Waals surface area contributed by atoms with Crippen LogP contribution in [-0.2, 0) is 0 Å². The molecule has 3 heterocycles. The average molecular weight is 369 g/mol. The topological polar surface area (TPSA) is 62.7 Å². The van der Waals surface area contributed by atoms with E-state index < -0.39 is 0 Å². The van der Waals surface area contributed by atoms with Crippen LogP contribution in [0.5, 0.6) is 0 Å². The third kappa shape index (κ3) is 3.10. The van der Waals surface area contributed by atoms with Crippen LogP contribution < -0.4 is 10.0 Å². The van der Waals surface area contributed by atoms with Gasteiger partial charge in [-0.3, -0.25) is 5.14 Å². The van der Waals surface area contributed by atoms with E-state index in [1.807, 2.05) is 20.0 Å². The van der Waals surface area contributed by atoms with E-state index in [9.17, 15) is 0 Å². The third-order valence-electron chi connectivity index (χ3n) is 4.94. The Morgan fingerprint density at radius 3 is 2.71 bits per heavy atom. The molecule has 6 nitrogen and oxygen atoms in total. The fourth-order valence-electron chi connectivity index (χ4n) is 3.43.